The van der Waals surface area contributed by atoms with Gasteiger partial charge in [0.2, 0.25) is 0 Å². The van der Waals surface area contributed by atoms with Crippen LogP contribution in [0.5, 0.6) is 0 Å². The van der Waals surface area contributed by atoms with Crippen LogP contribution in [0, 0.1) is 11.8 Å². The summed E-state index contributed by atoms with van der Waals surface area (Å²) < 4.78 is 0. The summed E-state index contributed by atoms with van der Waals surface area (Å²) in [5.74, 6) is -12.1. The van der Waals surface area contributed by atoms with Gasteiger partial charge in [-0.3, -0.25) is 24.0 Å². The zero-order valence-electron chi connectivity index (χ0n) is 8.90. The molecule has 4 N–H and O–H groups in total. The number of hydrogen-bond acceptors (Lipinski definition) is 5. The monoisotopic (exact) mass is 262 g/mol. The number of carboxylic acid groups (broad SMARTS) is 4. The van der Waals surface area contributed by atoms with Crippen LogP contribution in [0.25, 0.3) is 0 Å². The first-order chi connectivity index (χ1) is 8.16. The smallest absolute Gasteiger partial charge is 0.318 e. The van der Waals surface area contributed by atoms with E-state index in [4.69, 9.17) is 20.4 Å². The average Bonchev–Trinajstić information content (AvgIpc) is 2.20. The van der Waals surface area contributed by atoms with Gasteiger partial charge in [-0.1, -0.05) is 0 Å². The number of rotatable bonds is 8. The molecule has 0 aliphatic rings. The van der Waals surface area contributed by atoms with Crippen molar-refractivity contribution in [3.63, 3.8) is 0 Å². The fraction of sp³-hybridized carbons (Fsp3) is 0.444. The minimum absolute atomic E-state index is 0.957. The first-order valence-electron chi connectivity index (χ1n) is 4.59. The minimum Gasteiger partial charge on any atom is -0.481 e. The summed E-state index contributed by atoms with van der Waals surface area (Å²) in [6.07, 6.45) is -1.91. The van der Waals surface area contributed by atoms with Crippen LogP contribution in [0.4, 0.5) is 0 Å². The van der Waals surface area contributed by atoms with Crippen molar-refractivity contribution in [2.45, 2.75) is 12.8 Å². The van der Waals surface area contributed by atoms with Gasteiger partial charge in [-0.15, -0.1) is 0 Å². The third-order valence-corrected chi connectivity index (χ3v) is 2.06. The molecular weight excluding hydrogens is 252 g/mol. The number of Topliss-reactive ketones (excluding diaryl/α,β-unsaturated/α-hetero) is 1. The number of carbonyl (C=O) groups excluding carboxylic acids is 1. The lowest BCUT2D eigenvalue weighted by atomic mass is 9.95. The topological polar surface area (TPSA) is 166 Å². The van der Waals surface area contributed by atoms with E-state index in [1.165, 1.54) is 0 Å². The van der Waals surface area contributed by atoms with Gasteiger partial charge in [0.1, 0.15) is 5.78 Å². The Morgan fingerprint density at radius 1 is 0.611 bits per heavy atom. The molecule has 9 heteroatoms. The van der Waals surface area contributed by atoms with Crippen molar-refractivity contribution in [3.05, 3.63) is 0 Å². The molecule has 0 aromatic rings. The van der Waals surface area contributed by atoms with E-state index in [0.29, 0.717) is 0 Å². The van der Waals surface area contributed by atoms with Gasteiger partial charge in [-0.2, -0.15) is 0 Å². The summed E-state index contributed by atoms with van der Waals surface area (Å²) in [5, 5.41) is 33.9. The molecule has 18 heavy (non-hydrogen) atoms. The summed E-state index contributed by atoms with van der Waals surface area (Å²) in [7, 11) is 0. The predicted octanol–water partition coefficient (Wildman–Crippen LogP) is -1.09. The van der Waals surface area contributed by atoms with Gasteiger partial charge in [0, 0.05) is 12.8 Å². The number of ketones is 1. The molecule has 0 radical (unpaired) electrons. The van der Waals surface area contributed by atoms with Crippen molar-refractivity contribution in [2.75, 3.05) is 0 Å². The van der Waals surface area contributed by atoms with E-state index in [1.54, 1.807) is 0 Å². The quantitative estimate of drug-likeness (QED) is 0.397. The van der Waals surface area contributed by atoms with E-state index in [0.717, 1.165) is 0 Å². The fourth-order valence-corrected chi connectivity index (χ4v) is 1.10. The normalized spacial score (nSPS) is 10.3. The highest BCUT2D eigenvalue weighted by Gasteiger charge is 2.33. The van der Waals surface area contributed by atoms with Crippen LogP contribution in [-0.2, 0) is 24.0 Å². The number of carboxylic acids is 4. The molecule has 0 spiro atoms. The van der Waals surface area contributed by atoms with Crippen LogP contribution < -0.4 is 0 Å². The van der Waals surface area contributed by atoms with Gasteiger partial charge in [0.05, 0.1) is 0 Å². The second-order valence-corrected chi connectivity index (χ2v) is 3.41. The van der Waals surface area contributed by atoms with Gasteiger partial charge in [-0.25, -0.2) is 0 Å². The Morgan fingerprint density at radius 3 is 1.00 bits per heavy atom. The molecule has 0 unspecified atom stereocenters. The first kappa shape index (κ1) is 15.6. The molecule has 0 rings (SSSR count). The average molecular weight is 262 g/mol. The van der Waals surface area contributed by atoms with Crippen LogP contribution in [0.15, 0.2) is 0 Å². The maximum atomic E-state index is 11.2. The third-order valence-electron chi connectivity index (χ3n) is 2.06. The van der Waals surface area contributed by atoms with E-state index < -0.39 is 54.3 Å². The molecule has 100 valence electrons. The Bertz CT molecular complexity index is 333. The van der Waals surface area contributed by atoms with Gasteiger partial charge >= 0.3 is 23.9 Å². The maximum Gasteiger partial charge on any atom is 0.318 e. The van der Waals surface area contributed by atoms with Crippen molar-refractivity contribution >= 4 is 29.7 Å². The largest absolute Gasteiger partial charge is 0.481 e. The van der Waals surface area contributed by atoms with Crippen LogP contribution in [-0.4, -0.2) is 50.1 Å². The highest BCUT2D eigenvalue weighted by atomic mass is 16.4. The summed E-state index contributed by atoms with van der Waals surface area (Å²) in [6, 6.07) is 0. The SMILES string of the molecule is O=C(CC(C(=O)O)C(=O)O)CC(C(=O)O)C(=O)O. The Morgan fingerprint density at radius 2 is 0.833 bits per heavy atom. The van der Waals surface area contributed by atoms with Crippen molar-refractivity contribution < 1.29 is 44.4 Å². The molecule has 0 bridgehead atoms. The second-order valence-electron chi connectivity index (χ2n) is 3.41. The molecule has 0 aromatic heterocycles. The Labute approximate surface area is 99.6 Å². The van der Waals surface area contributed by atoms with E-state index in [9.17, 15) is 24.0 Å². The third kappa shape index (κ3) is 4.60. The van der Waals surface area contributed by atoms with Gasteiger partial charge < -0.3 is 20.4 Å². The van der Waals surface area contributed by atoms with E-state index in [1.807, 2.05) is 0 Å². The van der Waals surface area contributed by atoms with E-state index in [-0.39, 0.29) is 0 Å². The van der Waals surface area contributed by atoms with Crippen molar-refractivity contribution in [1.82, 2.24) is 0 Å². The molecule has 9 nitrogen and oxygen atoms in total. The van der Waals surface area contributed by atoms with Crippen molar-refractivity contribution in [2.24, 2.45) is 11.8 Å². The van der Waals surface area contributed by atoms with Crippen LogP contribution in [0.1, 0.15) is 12.8 Å². The van der Waals surface area contributed by atoms with Crippen molar-refractivity contribution in [3.8, 4) is 0 Å². The molecule has 0 saturated carbocycles. The molecule has 0 aliphatic carbocycles. The number of carbonyl (C=O) groups is 5. The number of hydrogen-bond donors (Lipinski definition) is 4. The van der Waals surface area contributed by atoms with Crippen molar-refractivity contribution in [1.29, 1.82) is 0 Å². The lowest BCUT2D eigenvalue weighted by Gasteiger charge is -2.08. The second kappa shape index (κ2) is 6.33. The predicted molar refractivity (Wildman–Crippen MR) is 51.8 cm³/mol. The van der Waals surface area contributed by atoms with Gasteiger partial charge in [-0.05, 0) is 0 Å². The summed E-state index contributed by atoms with van der Waals surface area (Å²) in [5.41, 5.74) is 0. The maximum absolute atomic E-state index is 11.2. The Kier molecular flexibility index (Phi) is 5.46. The molecule has 0 fully saturated rings. The number of aliphatic carboxylic acids is 4. The molecule has 0 aromatic carbocycles. The highest BCUT2D eigenvalue weighted by molar-refractivity contribution is 6.01. The molecule has 0 amide bonds. The van der Waals surface area contributed by atoms with Gasteiger partial charge in [0.15, 0.2) is 11.8 Å². The Balaban J connectivity index is 4.67. The molecule has 0 saturated heterocycles. The van der Waals surface area contributed by atoms with E-state index >= 15 is 0 Å². The summed E-state index contributed by atoms with van der Waals surface area (Å²) in [6.45, 7) is 0. The summed E-state index contributed by atoms with van der Waals surface area (Å²) in [4.78, 5) is 53.1. The summed E-state index contributed by atoms with van der Waals surface area (Å²) >= 11 is 0. The van der Waals surface area contributed by atoms with E-state index in [2.05, 4.69) is 0 Å². The van der Waals surface area contributed by atoms with Crippen LogP contribution in [0.2, 0.25) is 0 Å². The molecule has 0 heterocycles. The standard InChI is InChI=1S/C9H10O9/c10-3(1-4(6(11)12)7(13)14)2-5(8(15)16)9(17)18/h4-5H,1-2H2,(H,11,12)(H,13,14)(H,15,16)(H,17,18). The minimum atomic E-state index is -2.01. The zero-order chi connectivity index (χ0) is 14.5. The first-order valence-corrected chi connectivity index (χ1v) is 4.59. The lowest BCUT2D eigenvalue weighted by molar-refractivity contribution is -0.157. The van der Waals surface area contributed by atoms with Gasteiger partial charge in [0.25, 0.3) is 0 Å². The molecule has 0 atom stereocenters. The fourth-order valence-electron chi connectivity index (χ4n) is 1.10. The lowest BCUT2D eigenvalue weighted by Crippen LogP contribution is -2.30. The highest BCUT2D eigenvalue weighted by Crippen LogP contribution is 2.12. The zero-order valence-corrected chi connectivity index (χ0v) is 8.90. The van der Waals surface area contributed by atoms with Crippen LogP contribution in [0.3, 0.4) is 0 Å². The van der Waals surface area contributed by atoms with Crippen LogP contribution >= 0.6 is 0 Å². The Hall–Kier alpha value is -2.45. The molecule has 0 aliphatic heterocycles. The molecular formula is C9H10O9.